The van der Waals surface area contributed by atoms with E-state index in [0.717, 1.165) is 6.42 Å². The number of nitrogens with two attached hydrogens (primary N) is 1. The van der Waals surface area contributed by atoms with Crippen LogP contribution in [0.2, 0.25) is 0 Å². The van der Waals surface area contributed by atoms with Crippen LogP contribution in [-0.2, 0) is 0 Å². The van der Waals surface area contributed by atoms with Crippen molar-refractivity contribution >= 4 is 0 Å². The highest BCUT2D eigenvalue weighted by Crippen LogP contribution is 1.94. The van der Waals surface area contributed by atoms with Crippen LogP contribution in [-0.4, -0.2) is 0 Å². The van der Waals surface area contributed by atoms with E-state index in [9.17, 15) is 0 Å². The van der Waals surface area contributed by atoms with Crippen LogP contribution >= 0.6 is 0 Å². The van der Waals surface area contributed by atoms with Gasteiger partial charge in [-0.25, -0.2) is 0 Å². The molecule has 0 bridgehead atoms. The third-order valence-electron chi connectivity index (χ3n) is 0.885. The SMILES string of the molecule is CC/C=C(C)\C=C/N. The van der Waals surface area contributed by atoms with Gasteiger partial charge in [-0.1, -0.05) is 18.6 Å². The maximum atomic E-state index is 5.14. The largest absolute Gasteiger partial charge is 0.405 e. The minimum Gasteiger partial charge on any atom is -0.405 e. The molecule has 1 nitrogen and oxygen atoms in total. The third-order valence-corrected chi connectivity index (χ3v) is 0.885. The molecule has 46 valence electrons. The van der Waals surface area contributed by atoms with Crippen molar-refractivity contribution in [2.45, 2.75) is 20.3 Å². The van der Waals surface area contributed by atoms with E-state index in [1.165, 1.54) is 5.57 Å². The smallest absolute Gasteiger partial charge is 0.00598 e. The first-order chi connectivity index (χ1) is 3.81. The zero-order chi connectivity index (χ0) is 6.41. The quantitative estimate of drug-likeness (QED) is 0.540. The molecule has 0 fully saturated rings. The van der Waals surface area contributed by atoms with Crippen molar-refractivity contribution in [3.8, 4) is 0 Å². The lowest BCUT2D eigenvalue weighted by Crippen LogP contribution is -1.76. The fourth-order valence-electron chi connectivity index (χ4n) is 0.542. The predicted molar refractivity (Wildman–Crippen MR) is 37.4 cm³/mol. The van der Waals surface area contributed by atoms with Crippen molar-refractivity contribution in [1.82, 2.24) is 0 Å². The molecule has 0 aromatic carbocycles. The number of hydrogen-bond acceptors (Lipinski definition) is 1. The Balaban J connectivity index is 3.61. The number of allylic oxidation sites excluding steroid dienone is 3. The van der Waals surface area contributed by atoms with Crippen molar-refractivity contribution in [2.24, 2.45) is 5.73 Å². The molecule has 1 heteroatoms. The van der Waals surface area contributed by atoms with Gasteiger partial charge in [0.15, 0.2) is 0 Å². The summed E-state index contributed by atoms with van der Waals surface area (Å²) in [6.07, 6.45) is 6.66. The molecule has 0 aromatic rings. The molecule has 0 aliphatic carbocycles. The van der Waals surface area contributed by atoms with Crippen LogP contribution in [0.25, 0.3) is 0 Å². The van der Waals surface area contributed by atoms with E-state index in [-0.39, 0.29) is 0 Å². The topological polar surface area (TPSA) is 26.0 Å². The summed E-state index contributed by atoms with van der Waals surface area (Å²) >= 11 is 0. The third kappa shape index (κ3) is 3.47. The van der Waals surface area contributed by atoms with Gasteiger partial charge < -0.3 is 5.73 Å². The lowest BCUT2D eigenvalue weighted by molar-refractivity contribution is 1.20. The molecule has 0 saturated heterocycles. The predicted octanol–water partition coefficient (Wildman–Crippen LogP) is 1.82. The molecule has 8 heavy (non-hydrogen) atoms. The Kier molecular flexibility index (Phi) is 4.04. The van der Waals surface area contributed by atoms with Gasteiger partial charge in [0.05, 0.1) is 0 Å². The van der Waals surface area contributed by atoms with Gasteiger partial charge in [0, 0.05) is 0 Å². The van der Waals surface area contributed by atoms with Crippen LogP contribution in [0.15, 0.2) is 23.9 Å². The van der Waals surface area contributed by atoms with Crippen molar-refractivity contribution in [1.29, 1.82) is 0 Å². The van der Waals surface area contributed by atoms with Crippen LogP contribution in [0.3, 0.4) is 0 Å². The summed E-state index contributed by atoms with van der Waals surface area (Å²) in [5.41, 5.74) is 6.37. The first-order valence-electron chi connectivity index (χ1n) is 2.86. The van der Waals surface area contributed by atoms with Crippen molar-refractivity contribution < 1.29 is 0 Å². The summed E-state index contributed by atoms with van der Waals surface area (Å²) in [5, 5.41) is 0. The molecule has 0 aliphatic heterocycles. The van der Waals surface area contributed by atoms with Crippen LogP contribution in [0.4, 0.5) is 0 Å². The van der Waals surface area contributed by atoms with Gasteiger partial charge in [-0.05, 0) is 25.6 Å². The minimum absolute atomic E-state index is 1.08. The minimum atomic E-state index is 1.08. The summed E-state index contributed by atoms with van der Waals surface area (Å²) in [6, 6.07) is 0. The molecule has 0 radical (unpaired) electrons. The molecule has 0 unspecified atom stereocenters. The summed E-state index contributed by atoms with van der Waals surface area (Å²) in [5.74, 6) is 0. The average Bonchev–Trinajstić information content (AvgIpc) is 1.68. The molecular weight excluding hydrogens is 98.1 g/mol. The lowest BCUT2D eigenvalue weighted by atomic mass is 10.2. The lowest BCUT2D eigenvalue weighted by Gasteiger charge is -1.85. The monoisotopic (exact) mass is 111 g/mol. The number of rotatable bonds is 2. The highest BCUT2D eigenvalue weighted by Gasteiger charge is 1.74. The molecule has 0 aliphatic rings. The average molecular weight is 111 g/mol. The Morgan fingerprint density at radius 1 is 1.62 bits per heavy atom. The Morgan fingerprint density at radius 3 is 2.62 bits per heavy atom. The first-order valence-corrected chi connectivity index (χ1v) is 2.86. The fraction of sp³-hybridized carbons (Fsp3) is 0.429. The number of hydrogen-bond donors (Lipinski definition) is 1. The van der Waals surface area contributed by atoms with Gasteiger partial charge in [-0.3, -0.25) is 0 Å². The second kappa shape index (κ2) is 4.44. The van der Waals surface area contributed by atoms with E-state index in [1.807, 2.05) is 13.0 Å². The van der Waals surface area contributed by atoms with Gasteiger partial charge >= 0.3 is 0 Å². The van der Waals surface area contributed by atoms with Crippen molar-refractivity contribution in [3.05, 3.63) is 23.9 Å². The summed E-state index contributed by atoms with van der Waals surface area (Å²) < 4.78 is 0. The zero-order valence-corrected chi connectivity index (χ0v) is 5.52. The van der Waals surface area contributed by atoms with Crippen LogP contribution in [0, 0.1) is 0 Å². The maximum Gasteiger partial charge on any atom is -0.00598 e. The Bertz CT molecular complexity index is 101. The van der Waals surface area contributed by atoms with Crippen LogP contribution in [0.5, 0.6) is 0 Å². The molecule has 0 spiro atoms. The second-order valence-corrected chi connectivity index (χ2v) is 1.72. The molecule has 0 rings (SSSR count). The maximum absolute atomic E-state index is 5.14. The molecule has 0 aromatic heterocycles. The van der Waals surface area contributed by atoms with Crippen LogP contribution in [0.1, 0.15) is 20.3 Å². The molecule has 0 atom stereocenters. The van der Waals surface area contributed by atoms with E-state index in [0.29, 0.717) is 0 Å². The van der Waals surface area contributed by atoms with Crippen LogP contribution < -0.4 is 5.73 Å². The van der Waals surface area contributed by atoms with Gasteiger partial charge in [0.1, 0.15) is 0 Å². The van der Waals surface area contributed by atoms with Gasteiger partial charge in [-0.2, -0.15) is 0 Å². The zero-order valence-electron chi connectivity index (χ0n) is 5.52. The summed E-state index contributed by atoms with van der Waals surface area (Å²) in [7, 11) is 0. The Hall–Kier alpha value is -0.720. The van der Waals surface area contributed by atoms with E-state index >= 15 is 0 Å². The normalized spacial score (nSPS) is 13.0. The molecule has 0 amide bonds. The van der Waals surface area contributed by atoms with Gasteiger partial charge in [0.2, 0.25) is 0 Å². The van der Waals surface area contributed by atoms with E-state index in [4.69, 9.17) is 5.73 Å². The van der Waals surface area contributed by atoms with Crippen molar-refractivity contribution in [2.75, 3.05) is 0 Å². The second-order valence-electron chi connectivity index (χ2n) is 1.72. The van der Waals surface area contributed by atoms with E-state index in [2.05, 4.69) is 13.0 Å². The summed E-state index contributed by atoms with van der Waals surface area (Å²) in [6.45, 7) is 4.14. The highest BCUT2D eigenvalue weighted by molar-refractivity contribution is 5.14. The standard InChI is InChI=1S/C7H13N/c1-3-4-7(2)5-6-8/h4-6H,3,8H2,1-2H3/b6-5-,7-4-. The molecule has 0 heterocycles. The Labute approximate surface area is 50.9 Å². The molecular formula is C7H13N. The Morgan fingerprint density at radius 2 is 2.25 bits per heavy atom. The molecule has 2 N–H and O–H groups in total. The van der Waals surface area contributed by atoms with E-state index < -0.39 is 0 Å². The van der Waals surface area contributed by atoms with E-state index in [1.54, 1.807) is 6.20 Å². The summed E-state index contributed by atoms with van der Waals surface area (Å²) in [4.78, 5) is 0. The van der Waals surface area contributed by atoms with Gasteiger partial charge in [-0.15, -0.1) is 0 Å². The van der Waals surface area contributed by atoms with Gasteiger partial charge in [0.25, 0.3) is 0 Å². The highest BCUT2D eigenvalue weighted by atomic mass is 14.5. The first kappa shape index (κ1) is 7.28. The van der Waals surface area contributed by atoms with Crippen molar-refractivity contribution in [3.63, 3.8) is 0 Å². The molecule has 0 saturated carbocycles. The fourth-order valence-corrected chi connectivity index (χ4v) is 0.542.